The van der Waals surface area contributed by atoms with E-state index in [1.165, 1.54) is 54.1 Å². The minimum Gasteiger partial charge on any atom is -0.369 e. The van der Waals surface area contributed by atoms with Crippen molar-refractivity contribution >= 4 is 5.82 Å². The highest BCUT2D eigenvalue weighted by Crippen LogP contribution is 2.38. The lowest BCUT2D eigenvalue weighted by Gasteiger charge is -2.34. The number of aryl methyl sites for hydroxylation is 1. The molecule has 3 heterocycles. The molecule has 1 fully saturated rings. The fraction of sp³-hybridized carbons (Fsp3) is 0.526. The summed E-state index contributed by atoms with van der Waals surface area (Å²) in [7, 11) is 0. The zero-order valence-corrected chi connectivity index (χ0v) is 14.2. The van der Waals surface area contributed by atoms with E-state index in [1.54, 1.807) is 0 Å². The van der Waals surface area contributed by atoms with Gasteiger partial charge in [-0.2, -0.15) is 5.10 Å². The van der Waals surface area contributed by atoms with E-state index in [-0.39, 0.29) is 0 Å². The summed E-state index contributed by atoms with van der Waals surface area (Å²) in [6.07, 6.45) is 4.99. The Balaban J connectivity index is 1.80. The molecule has 122 valence electrons. The number of nitrogens with zero attached hydrogens (tertiary/aromatic N) is 3. The van der Waals surface area contributed by atoms with Gasteiger partial charge in [-0.3, -0.25) is 4.90 Å². The average molecular weight is 310 g/mol. The maximum absolute atomic E-state index is 5.10. The molecule has 0 spiro atoms. The molecule has 0 bridgehead atoms. The van der Waals surface area contributed by atoms with Crippen molar-refractivity contribution in [1.82, 2.24) is 14.7 Å². The SMILES string of the molecule is CCN1CCCCC1c1nn(-c2ccccc2C)c2c1CCN2. The highest BCUT2D eigenvalue weighted by molar-refractivity contribution is 5.59. The van der Waals surface area contributed by atoms with E-state index in [4.69, 9.17) is 5.10 Å². The zero-order valence-electron chi connectivity index (χ0n) is 14.2. The molecule has 1 saturated heterocycles. The summed E-state index contributed by atoms with van der Waals surface area (Å²) in [6, 6.07) is 9.02. The Bertz CT molecular complexity index is 703. The summed E-state index contributed by atoms with van der Waals surface area (Å²) in [5.41, 5.74) is 5.23. The molecule has 4 nitrogen and oxygen atoms in total. The third-order valence-electron chi connectivity index (χ3n) is 5.36. The van der Waals surface area contributed by atoms with Gasteiger partial charge in [-0.15, -0.1) is 0 Å². The molecule has 2 aliphatic heterocycles. The number of likely N-dealkylation sites (tertiary alicyclic amines) is 1. The lowest BCUT2D eigenvalue weighted by atomic mass is 9.96. The van der Waals surface area contributed by atoms with E-state index in [2.05, 4.69) is 53.0 Å². The number of aromatic nitrogens is 2. The molecule has 0 radical (unpaired) electrons. The molecule has 0 aliphatic carbocycles. The summed E-state index contributed by atoms with van der Waals surface area (Å²) in [5, 5.41) is 8.67. The molecule has 0 amide bonds. The predicted molar refractivity (Wildman–Crippen MR) is 94.3 cm³/mol. The quantitative estimate of drug-likeness (QED) is 0.938. The summed E-state index contributed by atoms with van der Waals surface area (Å²) >= 11 is 0. The average Bonchev–Trinajstić information content (AvgIpc) is 3.18. The second-order valence-electron chi connectivity index (χ2n) is 6.73. The molecule has 1 aromatic heterocycles. The third-order valence-corrected chi connectivity index (χ3v) is 5.36. The van der Waals surface area contributed by atoms with E-state index in [9.17, 15) is 0 Å². The molecule has 2 aliphatic rings. The van der Waals surface area contributed by atoms with Crippen LogP contribution in [-0.4, -0.2) is 34.3 Å². The van der Waals surface area contributed by atoms with Gasteiger partial charge >= 0.3 is 0 Å². The van der Waals surface area contributed by atoms with Crippen LogP contribution in [0.15, 0.2) is 24.3 Å². The van der Waals surface area contributed by atoms with Crippen LogP contribution >= 0.6 is 0 Å². The van der Waals surface area contributed by atoms with Crippen LogP contribution in [-0.2, 0) is 6.42 Å². The second kappa shape index (κ2) is 6.00. The topological polar surface area (TPSA) is 33.1 Å². The number of benzene rings is 1. The Hall–Kier alpha value is -1.81. The number of para-hydroxylation sites is 1. The van der Waals surface area contributed by atoms with Gasteiger partial charge in [0, 0.05) is 12.1 Å². The number of nitrogens with one attached hydrogen (secondary N) is 1. The fourth-order valence-electron chi connectivity index (χ4n) is 4.12. The minimum absolute atomic E-state index is 0.493. The largest absolute Gasteiger partial charge is 0.369 e. The van der Waals surface area contributed by atoms with Crippen molar-refractivity contribution in [3.63, 3.8) is 0 Å². The van der Waals surface area contributed by atoms with E-state index in [0.717, 1.165) is 19.5 Å². The van der Waals surface area contributed by atoms with Crippen molar-refractivity contribution in [3.05, 3.63) is 41.1 Å². The van der Waals surface area contributed by atoms with Crippen molar-refractivity contribution in [2.45, 2.75) is 45.6 Å². The number of hydrogen-bond donors (Lipinski definition) is 1. The van der Waals surface area contributed by atoms with Crippen LogP contribution in [0.1, 0.15) is 49.0 Å². The minimum atomic E-state index is 0.493. The van der Waals surface area contributed by atoms with Crippen LogP contribution in [0, 0.1) is 6.92 Å². The smallest absolute Gasteiger partial charge is 0.133 e. The summed E-state index contributed by atoms with van der Waals surface area (Å²) < 4.78 is 2.15. The number of rotatable bonds is 3. The fourth-order valence-corrected chi connectivity index (χ4v) is 4.12. The van der Waals surface area contributed by atoms with Gasteiger partial charge in [0.05, 0.1) is 17.4 Å². The first-order valence-corrected chi connectivity index (χ1v) is 8.95. The van der Waals surface area contributed by atoms with Crippen LogP contribution in [0.3, 0.4) is 0 Å². The molecule has 1 atom stereocenters. The molecule has 4 heteroatoms. The Kier molecular flexibility index (Phi) is 3.85. The molecule has 1 unspecified atom stereocenters. The summed E-state index contributed by atoms with van der Waals surface area (Å²) in [6.45, 7) is 7.79. The first-order valence-electron chi connectivity index (χ1n) is 8.95. The number of piperidine rings is 1. The normalized spacial score (nSPS) is 21.2. The predicted octanol–water partition coefficient (Wildman–Crippen LogP) is 3.70. The lowest BCUT2D eigenvalue weighted by molar-refractivity contribution is 0.153. The molecule has 0 saturated carbocycles. The van der Waals surface area contributed by atoms with Gasteiger partial charge < -0.3 is 5.32 Å². The van der Waals surface area contributed by atoms with Gasteiger partial charge in [0.1, 0.15) is 5.82 Å². The number of fused-ring (bicyclic) bond motifs is 1. The standard InChI is InChI=1S/C19H26N4/c1-3-22-13-7-6-10-17(22)18-15-11-12-20-19(15)23(21-18)16-9-5-4-8-14(16)2/h4-5,8-9,17,20H,3,6-7,10-13H2,1-2H3. The number of anilines is 1. The monoisotopic (exact) mass is 310 g/mol. The van der Waals surface area contributed by atoms with Crippen LogP contribution in [0.4, 0.5) is 5.82 Å². The van der Waals surface area contributed by atoms with Crippen LogP contribution < -0.4 is 5.32 Å². The zero-order chi connectivity index (χ0) is 15.8. The lowest BCUT2D eigenvalue weighted by Crippen LogP contribution is -2.34. The number of hydrogen-bond acceptors (Lipinski definition) is 3. The molecule has 1 aromatic carbocycles. The molecule has 1 N–H and O–H groups in total. The summed E-state index contributed by atoms with van der Waals surface area (Å²) in [4.78, 5) is 2.60. The van der Waals surface area contributed by atoms with Crippen molar-refractivity contribution in [2.75, 3.05) is 25.0 Å². The maximum Gasteiger partial charge on any atom is 0.133 e. The molecule has 23 heavy (non-hydrogen) atoms. The third kappa shape index (κ3) is 2.45. The van der Waals surface area contributed by atoms with E-state index < -0.39 is 0 Å². The Labute approximate surface area is 138 Å². The molecule has 2 aromatic rings. The van der Waals surface area contributed by atoms with Crippen LogP contribution in [0.2, 0.25) is 0 Å². The summed E-state index contributed by atoms with van der Waals surface area (Å²) in [5.74, 6) is 1.22. The van der Waals surface area contributed by atoms with Gasteiger partial charge in [-0.05, 0) is 50.9 Å². The molecular weight excluding hydrogens is 284 g/mol. The van der Waals surface area contributed by atoms with Crippen LogP contribution in [0.5, 0.6) is 0 Å². The van der Waals surface area contributed by atoms with E-state index >= 15 is 0 Å². The van der Waals surface area contributed by atoms with Crippen molar-refractivity contribution in [1.29, 1.82) is 0 Å². The van der Waals surface area contributed by atoms with Gasteiger partial charge in [-0.1, -0.05) is 31.5 Å². The highest BCUT2D eigenvalue weighted by Gasteiger charge is 2.32. The maximum atomic E-state index is 5.10. The Morgan fingerprint density at radius 1 is 1.26 bits per heavy atom. The van der Waals surface area contributed by atoms with Crippen molar-refractivity contribution in [3.8, 4) is 5.69 Å². The van der Waals surface area contributed by atoms with Gasteiger partial charge in [0.2, 0.25) is 0 Å². The first-order chi connectivity index (χ1) is 11.3. The van der Waals surface area contributed by atoms with Gasteiger partial charge in [0.15, 0.2) is 0 Å². The van der Waals surface area contributed by atoms with Gasteiger partial charge in [0.25, 0.3) is 0 Å². The van der Waals surface area contributed by atoms with Crippen molar-refractivity contribution in [2.24, 2.45) is 0 Å². The molecular formula is C19H26N4. The second-order valence-corrected chi connectivity index (χ2v) is 6.73. The van der Waals surface area contributed by atoms with Crippen LogP contribution in [0.25, 0.3) is 5.69 Å². The Morgan fingerprint density at radius 3 is 2.96 bits per heavy atom. The van der Waals surface area contributed by atoms with E-state index in [0.29, 0.717) is 6.04 Å². The molecule has 4 rings (SSSR count). The van der Waals surface area contributed by atoms with E-state index in [1.807, 2.05) is 0 Å². The first kappa shape index (κ1) is 14.8. The van der Waals surface area contributed by atoms with Crippen molar-refractivity contribution < 1.29 is 0 Å². The highest BCUT2D eigenvalue weighted by atomic mass is 15.4. The Morgan fingerprint density at radius 2 is 2.13 bits per heavy atom. The van der Waals surface area contributed by atoms with Gasteiger partial charge in [-0.25, -0.2) is 4.68 Å².